The van der Waals surface area contributed by atoms with Gasteiger partial charge in [-0.3, -0.25) is 19.3 Å². The molecule has 3 aromatic rings. The minimum Gasteiger partial charge on any atom is -0.451 e. The van der Waals surface area contributed by atoms with Gasteiger partial charge in [0.15, 0.2) is 6.10 Å². The maximum absolute atomic E-state index is 13.0. The van der Waals surface area contributed by atoms with Gasteiger partial charge >= 0.3 is 5.97 Å². The summed E-state index contributed by atoms with van der Waals surface area (Å²) in [6.07, 6.45) is -0.694. The number of rotatable bonds is 5. The van der Waals surface area contributed by atoms with Crippen LogP contribution in [0.1, 0.15) is 46.2 Å². The molecule has 1 aromatic heterocycles. The Morgan fingerprint density at radius 2 is 1.73 bits per heavy atom. The first-order valence-electron chi connectivity index (χ1n) is 9.65. The van der Waals surface area contributed by atoms with Crippen molar-refractivity contribution < 1.29 is 23.9 Å². The van der Waals surface area contributed by atoms with Gasteiger partial charge in [0.1, 0.15) is 0 Å². The lowest BCUT2D eigenvalue weighted by molar-refractivity contribution is -0.121. The minimum absolute atomic E-state index is 0.156. The van der Waals surface area contributed by atoms with E-state index in [1.54, 1.807) is 19.1 Å². The molecular formula is C23H20N2O5. The van der Waals surface area contributed by atoms with E-state index in [2.05, 4.69) is 4.98 Å². The normalized spacial score (nSPS) is 14.9. The van der Waals surface area contributed by atoms with E-state index >= 15 is 0 Å². The van der Waals surface area contributed by atoms with Crippen LogP contribution in [0, 0.1) is 6.92 Å². The van der Waals surface area contributed by atoms with Gasteiger partial charge in [0, 0.05) is 35.0 Å². The molecule has 1 unspecified atom stereocenters. The highest BCUT2D eigenvalue weighted by molar-refractivity contribution is 6.20. The third kappa shape index (κ3) is 3.39. The van der Waals surface area contributed by atoms with Crippen molar-refractivity contribution in [3.8, 4) is 0 Å². The number of nitrogens with zero attached hydrogens (tertiary/aromatic N) is 1. The predicted molar refractivity (Wildman–Crippen MR) is 110 cm³/mol. The molecule has 0 radical (unpaired) electrons. The molecule has 7 nitrogen and oxygen atoms in total. The number of hydrogen-bond acceptors (Lipinski definition) is 5. The second-order valence-electron chi connectivity index (χ2n) is 7.26. The molecular weight excluding hydrogens is 384 g/mol. The molecule has 7 heteroatoms. The summed E-state index contributed by atoms with van der Waals surface area (Å²) in [4.78, 5) is 53.7. The average molecular weight is 404 g/mol. The average Bonchev–Trinajstić information content (AvgIpc) is 3.25. The molecule has 0 aliphatic carbocycles. The summed E-state index contributed by atoms with van der Waals surface area (Å²) in [6, 6.07) is 13.5. The van der Waals surface area contributed by atoms with Gasteiger partial charge in [-0.1, -0.05) is 24.3 Å². The highest BCUT2D eigenvalue weighted by atomic mass is 16.5. The van der Waals surface area contributed by atoms with Crippen molar-refractivity contribution in [3.63, 3.8) is 0 Å². The molecule has 2 amide bonds. The number of ether oxygens (including phenoxy) is 1. The second-order valence-corrected chi connectivity index (χ2v) is 7.26. The lowest BCUT2D eigenvalue weighted by Gasteiger charge is -2.16. The van der Waals surface area contributed by atoms with Crippen LogP contribution in [0.5, 0.6) is 0 Å². The number of Topliss-reactive ketones (excluding diaryl/α,β-unsaturated/α-hetero) is 1. The van der Waals surface area contributed by atoms with Gasteiger partial charge in [-0.15, -0.1) is 0 Å². The van der Waals surface area contributed by atoms with E-state index in [1.165, 1.54) is 19.1 Å². The van der Waals surface area contributed by atoms with Crippen molar-refractivity contribution in [2.75, 3.05) is 4.90 Å². The topological polar surface area (TPSA) is 96.5 Å². The number of aromatic amines is 1. The van der Waals surface area contributed by atoms with Gasteiger partial charge in [-0.2, -0.15) is 0 Å². The Hall–Kier alpha value is -3.74. The quantitative estimate of drug-likeness (QED) is 0.398. The molecule has 2 aromatic carbocycles. The van der Waals surface area contributed by atoms with Gasteiger partial charge in [0.05, 0.1) is 11.3 Å². The van der Waals surface area contributed by atoms with E-state index in [1.807, 2.05) is 24.3 Å². The van der Waals surface area contributed by atoms with Crippen molar-refractivity contribution in [2.24, 2.45) is 0 Å². The van der Waals surface area contributed by atoms with E-state index < -0.39 is 12.1 Å². The van der Waals surface area contributed by atoms with Gasteiger partial charge in [0.2, 0.25) is 17.6 Å². The Kier molecular flexibility index (Phi) is 4.95. The van der Waals surface area contributed by atoms with Gasteiger partial charge in [-0.05, 0) is 38.1 Å². The molecule has 4 rings (SSSR count). The number of esters is 1. The number of imide groups is 1. The van der Waals surface area contributed by atoms with Gasteiger partial charge in [-0.25, -0.2) is 4.79 Å². The number of aryl methyl sites for hydroxylation is 1. The molecule has 1 aliphatic rings. The van der Waals surface area contributed by atoms with Crippen molar-refractivity contribution in [1.82, 2.24) is 4.98 Å². The number of hydrogen-bond donors (Lipinski definition) is 1. The molecule has 1 N–H and O–H groups in total. The number of carbonyl (C=O) groups is 4. The standard InChI is InChI=1S/C23H20N2O5/c1-13-21(17-8-3-4-9-18(17)24-13)22(28)14(2)30-23(29)15-6-5-7-16(12-15)25-19(26)10-11-20(25)27/h3-9,12,14,24H,10-11H2,1-2H3. The summed E-state index contributed by atoms with van der Waals surface area (Å²) in [7, 11) is 0. The number of nitrogens with one attached hydrogen (secondary N) is 1. The lowest BCUT2D eigenvalue weighted by Crippen LogP contribution is -2.29. The smallest absolute Gasteiger partial charge is 0.338 e. The molecule has 152 valence electrons. The van der Waals surface area contributed by atoms with E-state index in [0.717, 1.165) is 15.8 Å². The fourth-order valence-corrected chi connectivity index (χ4v) is 3.72. The van der Waals surface area contributed by atoms with Gasteiger partial charge in [0.25, 0.3) is 0 Å². The Morgan fingerprint density at radius 3 is 2.47 bits per heavy atom. The number of fused-ring (bicyclic) bond motifs is 1. The Morgan fingerprint density at radius 1 is 1.03 bits per heavy atom. The van der Waals surface area contributed by atoms with Crippen LogP contribution in [0.25, 0.3) is 10.9 Å². The van der Waals surface area contributed by atoms with Crippen LogP contribution in [0.2, 0.25) is 0 Å². The summed E-state index contributed by atoms with van der Waals surface area (Å²) < 4.78 is 5.41. The maximum Gasteiger partial charge on any atom is 0.338 e. The number of benzene rings is 2. The third-order valence-electron chi connectivity index (χ3n) is 5.18. The van der Waals surface area contributed by atoms with Crippen LogP contribution in [-0.2, 0) is 14.3 Å². The SMILES string of the molecule is Cc1[nH]c2ccccc2c1C(=O)C(C)OC(=O)c1cccc(N2C(=O)CCC2=O)c1. The monoisotopic (exact) mass is 404 g/mol. The first-order valence-corrected chi connectivity index (χ1v) is 9.65. The van der Waals surface area contributed by atoms with Crippen LogP contribution in [0.3, 0.4) is 0 Å². The molecule has 0 spiro atoms. The highest BCUT2D eigenvalue weighted by Gasteiger charge is 2.31. The van der Waals surface area contributed by atoms with Crippen LogP contribution in [0.4, 0.5) is 5.69 Å². The van der Waals surface area contributed by atoms with Crippen molar-refractivity contribution in [2.45, 2.75) is 32.8 Å². The van der Waals surface area contributed by atoms with Crippen molar-refractivity contribution in [3.05, 3.63) is 65.4 Å². The van der Waals surface area contributed by atoms with Crippen molar-refractivity contribution in [1.29, 1.82) is 0 Å². The molecule has 1 atom stereocenters. The zero-order chi connectivity index (χ0) is 21.4. The zero-order valence-corrected chi connectivity index (χ0v) is 16.6. The Bertz CT molecular complexity index is 1180. The molecule has 30 heavy (non-hydrogen) atoms. The van der Waals surface area contributed by atoms with E-state index in [9.17, 15) is 19.2 Å². The zero-order valence-electron chi connectivity index (χ0n) is 16.6. The first kappa shape index (κ1) is 19.6. The number of amides is 2. The third-order valence-corrected chi connectivity index (χ3v) is 5.18. The number of aromatic nitrogens is 1. The van der Waals surface area contributed by atoms with Crippen LogP contribution >= 0.6 is 0 Å². The molecule has 1 aliphatic heterocycles. The summed E-state index contributed by atoms with van der Waals surface area (Å²) in [5.41, 5.74) is 2.52. The number of anilines is 1. The minimum atomic E-state index is -1.01. The summed E-state index contributed by atoms with van der Waals surface area (Å²) in [5.74, 6) is -1.61. The predicted octanol–water partition coefficient (Wildman–Crippen LogP) is 3.56. The number of H-pyrrole nitrogens is 1. The number of para-hydroxylation sites is 1. The lowest BCUT2D eigenvalue weighted by atomic mass is 10.0. The summed E-state index contributed by atoms with van der Waals surface area (Å²) >= 11 is 0. The second kappa shape index (κ2) is 7.59. The Labute approximate surface area is 172 Å². The highest BCUT2D eigenvalue weighted by Crippen LogP contribution is 2.26. The largest absolute Gasteiger partial charge is 0.451 e. The molecule has 1 fully saturated rings. The van der Waals surface area contributed by atoms with E-state index in [0.29, 0.717) is 16.9 Å². The summed E-state index contributed by atoms with van der Waals surface area (Å²) in [5, 5.41) is 0.774. The Balaban J connectivity index is 1.54. The van der Waals surface area contributed by atoms with Crippen LogP contribution in [0.15, 0.2) is 48.5 Å². The maximum atomic E-state index is 13.0. The molecule has 0 saturated carbocycles. The van der Waals surface area contributed by atoms with E-state index in [-0.39, 0.29) is 36.0 Å². The molecule has 1 saturated heterocycles. The first-order chi connectivity index (χ1) is 14.4. The van der Waals surface area contributed by atoms with Gasteiger partial charge < -0.3 is 9.72 Å². The van der Waals surface area contributed by atoms with E-state index in [4.69, 9.17) is 4.74 Å². The van der Waals surface area contributed by atoms with Crippen molar-refractivity contribution >= 4 is 40.2 Å². The van der Waals surface area contributed by atoms with Crippen LogP contribution in [-0.4, -0.2) is 34.7 Å². The number of carbonyl (C=O) groups excluding carboxylic acids is 4. The van der Waals surface area contributed by atoms with Crippen LogP contribution < -0.4 is 4.90 Å². The fraction of sp³-hybridized carbons (Fsp3) is 0.217. The molecule has 0 bridgehead atoms. The fourth-order valence-electron chi connectivity index (χ4n) is 3.72. The summed E-state index contributed by atoms with van der Waals surface area (Å²) in [6.45, 7) is 3.33. The molecule has 2 heterocycles. The number of ketones is 1.